The van der Waals surface area contributed by atoms with Gasteiger partial charge in [-0.05, 0) is 37.8 Å². The Labute approximate surface area is 157 Å². The maximum Gasteiger partial charge on any atom is 0.290 e. The molecular weight excluding hydrogens is 375 g/mol. The van der Waals surface area contributed by atoms with Gasteiger partial charge in [-0.25, -0.2) is 0 Å². The summed E-state index contributed by atoms with van der Waals surface area (Å²) >= 11 is 0.944. The summed E-state index contributed by atoms with van der Waals surface area (Å²) in [7, 11) is 0. The van der Waals surface area contributed by atoms with Crippen LogP contribution in [-0.2, 0) is 6.42 Å². The molecule has 142 valence electrons. The molecule has 2 N–H and O–H groups in total. The molecule has 1 fully saturated rings. The number of thiophene rings is 1. The number of rotatable bonds is 6. The second-order valence-corrected chi connectivity index (χ2v) is 7.64. The highest BCUT2D eigenvalue weighted by molar-refractivity contribution is 7.13. The number of amides is 1. The minimum absolute atomic E-state index is 0.0365. The Morgan fingerprint density at radius 3 is 2.93 bits per heavy atom. The summed E-state index contributed by atoms with van der Waals surface area (Å²) in [4.78, 5) is 12.9. The van der Waals surface area contributed by atoms with Gasteiger partial charge in [-0.1, -0.05) is 5.16 Å². The van der Waals surface area contributed by atoms with Crippen molar-refractivity contribution in [1.82, 2.24) is 20.7 Å². The summed E-state index contributed by atoms with van der Waals surface area (Å²) in [6, 6.07) is 4.48. The fourth-order valence-corrected chi connectivity index (χ4v) is 3.67. The van der Waals surface area contributed by atoms with Crippen molar-refractivity contribution in [3.8, 4) is 10.6 Å². The van der Waals surface area contributed by atoms with Crippen LogP contribution in [0.2, 0.25) is 0 Å². The summed E-state index contributed by atoms with van der Waals surface area (Å²) in [6.45, 7) is 1.57. The van der Waals surface area contributed by atoms with Gasteiger partial charge in [-0.3, -0.25) is 4.79 Å². The number of aromatic nitrogens is 3. The molecule has 0 aliphatic heterocycles. The Balaban J connectivity index is 1.27. The van der Waals surface area contributed by atoms with E-state index in [9.17, 15) is 14.3 Å². The van der Waals surface area contributed by atoms with E-state index in [0.717, 1.165) is 24.2 Å². The highest BCUT2D eigenvalue weighted by Crippen LogP contribution is 2.31. The van der Waals surface area contributed by atoms with Gasteiger partial charge in [0.15, 0.2) is 5.13 Å². The first-order valence-electron chi connectivity index (χ1n) is 8.51. The minimum atomic E-state index is -0.780. The molecule has 1 aliphatic rings. The first-order chi connectivity index (χ1) is 13.0. The molecule has 0 radical (unpaired) electrons. The molecule has 4 rings (SSSR count). The van der Waals surface area contributed by atoms with Crippen LogP contribution in [0.3, 0.4) is 0 Å². The third-order valence-corrected chi connectivity index (χ3v) is 5.33. The van der Waals surface area contributed by atoms with Crippen molar-refractivity contribution < 1.29 is 23.2 Å². The van der Waals surface area contributed by atoms with Crippen molar-refractivity contribution in [2.45, 2.75) is 38.3 Å². The lowest BCUT2D eigenvalue weighted by Gasteiger charge is -2.34. The van der Waals surface area contributed by atoms with E-state index in [4.69, 9.17) is 8.94 Å². The fraction of sp³-hybridized carbons (Fsp3) is 0.412. The number of carbonyl (C=O) groups excluding carboxylic acids is 1. The molecule has 10 heteroatoms. The quantitative estimate of drug-likeness (QED) is 0.663. The largest absolute Gasteiger partial charge is 0.422 e. The SMILES string of the molecule is C[C@@H](O)c1nnc(CC2CC(NC(=O)c3cc(-c4ccc(F)s4)no3)C2)o1. The van der Waals surface area contributed by atoms with Crippen LogP contribution < -0.4 is 5.32 Å². The Morgan fingerprint density at radius 1 is 1.44 bits per heavy atom. The van der Waals surface area contributed by atoms with Crippen LogP contribution in [0.1, 0.15) is 48.2 Å². The van der Waals surface area contributed by atoms with E-state index in [1.807, 2.05) is 0 Å². The molecule has 1 amide bonds. The number of hydrogen-bond donors (Lipinski definition) is 2. The van der Waals surface area contributed by atoms with E-state index < -0.39 is 6.10 Å². The van der Waals surface area contributed by atoms with Crippen molar-refractivity contribution in [2.24, 2.45) is 5.92 Å². The normalized spacial score (nSPS) is 20.3. The molecule has 1 saturated carbocycles. The van der Waals surface area contributed by atoms with Crippen LogP contribution >= 0.6 is 11.3 Å². The van der Waals surface area contributed by atoms with Crippen molar-refractivity contribution in [2.75, 3.05) is 0 Å². The maximum absolute atomic E-state index is 13.1. The minimum Gasteiger partial charge on any atom is -0.422 e. The summed E-state index contributed by atoms with van der Waals surface area (Å²) in [5.41, 5.74) is 0.436. The predicted molar refractivity (Wildman–Crippen MR) is 92.4 cm³/mol. The second-order valence-electron chi connectivity index (χ2n) is 6.60. The summed E-state index contributed by atoms with van der Waals surface area (Å²) in [6.07, 6.45) is 1.41. The lowest BCUT2D eigenvalue weighted by atomic mass is 9.78. The number of nitrogens with zero attached hydrogens (tertiary/aromatic N) is 3. The second kappa shape index (κ2) is 7.20. The number of hydrogen-bond acceptors (Lipinski definition) is 8. The molecule has 0 saturated heterocycles. The van der Waals surface area contributed by atoms with Crippen LogP contribution in [0.15, 0.2) is 27.1 Å². The zero-order valence-corrected chi connectivity index (χ0v) is 15.2. The zero-order valence-electron chi connectivity index (χ0n) is 14.4. The van der Waals surface area contributed by atoms with Gasteiger partial charge < -0.3 is 19.4 Å². The van der Waals surface area contributed by atoms with Crippen molar-refractivity contribution in [1.29, 1.82) is 0 Å². The van der Waals surface area contributed by atoms with Crippen LogP contribution in [0.4, 0.5) is 4.39 Å². The summed E-state index contributed by atoms with van der Waals surface area (Å²) in [5, 5.41) is 23.5. The van der Waals surface area contributed by atoms with Gasteiger partial charge in [0.2, 0.25) is 17.5 Å². The van der Waals surface area contributed by atoms with Gasteiger partial charge in [-0.15, -0.1) is 21.5 Å². The van der Waals surface area contributed by atoms with Gasteiger partial charge in [0.05, 0.1) is 4.88 Å². The Bertz CT molecular complexity index is 944. The van der Waals surface area contributed by atoms with Crippen LogP contribution in [0.25, 0.3) is 10.6 Å². The molecule has 3 aromatic heterocycles. The average Bonchev–Trinajstić information content (AvgIpc) is 3.32. The lowest BCUT2D eigenvalue weighted by molar-refractivity contribution is 0.0848. The van der Waals surface area contributed by atoms with E-state index >= 15 is 0 Å². The number of halogens is 1. The molecular formula is C17H17FN4O4S. The van der Waals surface area contributed by atoms with Crippen molar-refractivity contribution >= 4 is 17.2 Å². The van der Waals surface area contributed by atoms with E-state index in [1.165, 1.54) is 12.1 Å². The van der Waals surface area contributed by atoms with Gasteiger partial charge in [-0.2, -0.15) is 4.39 Å². The summed E-state index contributed by atoms with van der Waals surface area (Å²) < 4.78 is 23.5. The van der Waals surface area contributed by atoms with Crippen LogP contribution in [0.5, 0.6) is 0 Å². The summed E-state index contributed by atoms with van der Waals surface area (Å²) in [5.74, 6) is 0.783. The molecule has 0 unspecified atom stereocenters. The van der Waals surface area contributed by atoms with E-state index in [1.54, 1.807) is 13.0 Å². The van der Waals surface area contributed by atoms with E-state index in [2.05, 4.69) is 20.7 Å². The van der Waals surface area contributed by atoms with Gasteiger partial charge in [0, 0.05) is 18.5 Å². The zero-order chi connectivity index (χ0) is 19.0. The van der Waals surface area contributed by atoms with Crippen molar-refractivity contribution in [3.63, 3.8) is 0 Å². The molecule has 27 heavy (non-hydrogen) atoms. The number of carbonyl (C=O) groups is 1. The number of aliphatic hydroxyl groups is 1. The molecule has 1 atom stereocenters. The topological polar surface area (TPSA) is 114 Å². The highest BCUT2D eigenvalue weighted by atomic mass is 32.1. The number of nitrogens with one attached hydrogen (secondary N) is 1. The molecule has 0 spiro atoms. The van der Waals surface area contributed by atoms with Crippen LogP contribution in [0, 0.1) is 11.0 Å². The monoisotopic (exact) mass is 392 g/mol. The predicted octanol–water partition coefficient (Wildman–Crippen LogP) is 2.73. The average molecular weight is 392 g/mol. The van der Waals surface area contributed by atoms with E-state index in [0.29, 0.717) is 28.8 Å². The molecule has 0 aromatic carbocycles. The Kier molecular flexibility index (Phi) is 4.75. The maximum atomic E-state index is 13.1. The fourth-order valence-electron chi connectivity index (χ4n) is 2.99. The molecule has 3 aromatic rings. The van der Waals surface area contributed by atoms with Gasteiger partial charge in [0.1, 0.15) is 11.8 Å². The molecule has 1 aliphatic carbocycles. The first kappa shape index (κ1) is 17.8. The third kappa shape index (κ3) is 3.91. The first-order valence-corrected chi connectivity index (χ1v) is 9.33. The number of aliphatic hydroxyl groups excluding tert-OH is 1. The van der Waals surface area contributed by atoms with Crippen molar-refractivity contribution in [3.05, 3.63) is 40.9 Å². The van der Waals surface area contributed by atoms with E-state index in [-0.39, 0.29) is 28.7 Å². The van der Waals surface area contributed by atoms with Gasteiger partial charge in [0.25, 0.3) is 5.91 Å². The molecule has 0 bridgehead atoms. The lowest BCUT2D eigenvalue weighted by Crippen LogP contribution is -2.44. The molecule has 3 heterocycles. The highest BCUT2D eigenvalue weighted by Gasteiger charge is 2.32. The Hall–Kier alpha value is -2.59. The Morgan fingerprint density at radius 2 is 2.26 bits per heavy atom. The third-order valence-electron chi connectivity index (χ3n) is 4.43. The molecule has 8 nitrogen and oxygen atoms in total. The van der Waals surface area contributed by atoms with Gasteiger partial charge >= 0.3 is 0 Å². The van der Waals surface area contributed by atoms with Crippen LogP contribution in [-0.4, -0.2) is 32.4 Å². The smallest absolute Gasteiger partial charge is 0.290 e. The standard InChI is InChI=1S/C17H17FN4O4S/c1-8(23)17-21-20-15(25-17)6-9-4-10(5-9)19-16(24)12-7-11(22-26-12)13-2-3-14(18)27-13/h2-3,7-10,23H,4-6H2,1H3,(H,19,24)/t8-,9?,10?/m1/s1.